The predicted molar refractivity (Wildman–Crippen MR) is 73.6 cm³/mol. The van der Waals surface area contributed by atoms with Gasteiger partial charge in [0.05, 0.1) is 16.6 Å². The van der Waals surface area contributed by atoms with E-state index in [0.29, 0.717) is 16.9 Å². The molecule has 0 aliphatic rings. The fourth-order valence-corrected chi connectivity index (χ4v) is 1.80. The molecule has 0 spiro atoms. The summed E-state index contributed by atoms with van der Waals surface area (Å²) in [6, 6.07) is 13.2. The van der Waals surface area contributed by atoms with E-state index in [-0.39, 0.29) is 17.3 Å². The fourth-order valence-electron chi connectivity index (χ4n) is 1.61. The maximum absolute atomic E-state index is 10.8. The maximum atomic E-state index is 10.8. The lowest BCUT2D eigenvalue weighted by Crippen LogP contribution is -1.97. The molecule has 100 valence electrons. The minimum Gasteiger partial charge on any atom is -0.489 e. The van der Waals surface area contributed by atoms with Crippen LogP contribution in [0.15, 0.2) is 42.5 Å². The summed E-state index contributed by atoms with van der Waals surface area (Å²) in [5.74, 6) is 0.529. The third-order valence-corrected chi connectivity index (χ3v) is 2.90. The first kappa shape index (κ1) is 13.8. The third kappa shape index (κ3) is 3.25. The Morgan fingerprint density at radius 1 is 1.30 bits per heavy atom. The minimum atomic E-state index is -0.540. The second-order valence-electron chi connectivity index (χ2n) is 3.97. The Balaban J connectivity index is 2.13. The normalized spacial score (nSPS) is 9.80. The first-order chi connectivity index (χ1) is 9.60. The Hall–Kier alpha value is -2.58. The predicted octanol–water partition coefficient (Wildman–Crippen LogP) is 3.70. The van der Waals surface area contributed by atoms with Crippen LogP contribution >= 0.6 is 11.6 Å². The molecular formula is C14H9ClN2O3. The van der Waals surface area contributed by atoms with E-state index in [1.807, 2.05) is 6.07 Å². The van der Waals surface area contributed by atoms with Crippen LogP contribution in [0.3, 0.4) is 0 Å². The number of nitro groups is 1. The van der Waals surface area contributed by atoms with E-state index in [0.717, 1.165) is 0 Å². The van der Waals surface area contributed by atoms with Gasteiger partial charge in [0.2, 0.25) is 0 Å². The van der Waals surface area contributed by atoms with E-state index in [9.17, 15) is 10.1 Å². The molecular weight excluding hydrogens is 280 g/mol. The summed E-state index contributed by atoms with van der Waals surface area (Å²) in [6.45, 7) is 0.160. The van der Waals surface area contributed by atoms with Gasteiger partial charge in [0.15, 0.2) is 0 Å². The van der Waals surface area contributed by atoms with Crippen LogP contribution in [0.2, 0.25) is 5.02 Å². The lowest BCUT2D eigenvalue weighted by atomic mass is 10.2. The highest BCUT2D eigenvalue weighted by Gasteiger charge is 2.12. The molecule has 0 radical (unpaired) electrons. The second kappa shape index (κ2) is 6.04. The number of nitriles is 1. The largest absolute Gasteiger partial charge is 0.489 e. The molecule has 2 rings (SSSR count). The number of halogens is 1. The van der Waals surface area contributed by atoms with Gasteiger partial charge in [-0.2, -0.15) is 5.26 Å². The summed E-state index contributed by atoms with van der Waals surface area (Å²) in [5.41, 5.74) is 0.964. The van der Waals surface area contributed by atoms with Crippen LogP contribution in [0, 0.1) is 21.4 Å². The van der Waals surface area contributed by atoms with E-state index >= 15 is 0 Å². The lowest BCUT2D eigenvalue weighted by Gasteiger charge is -2.06. The summed E-state index contributed by atoms with van der Waals surface area (Å²) < 4.78 is 5.49. The molecule has 20 heavy (non-hydrogen) atoms. The highest BCUT2D eigenvalue weighted by atomic mass is 35.5. The Kier molecular flexibility index (Phi) is 4.18. The van der Waals surface area contributed by atoms with E-state index in [1.165, 1.54) is 12.1 Å². The summed E-state index contributed by atoms with van der Waals surface area (Å²) >= 11 is 5.73. The summed E-state index contributed by atoms with van der Waals surface area (Å²) in [6.07, 6.45) is 0. The molecule has 0 saturated heterocycles. The van der Waals surface area contributed by atoms with Crippen LogP contribution in [0.1, 0.15) is 11.1 Å². The highest BCUT2D eigenvalue weighted by molar-refractivity contribution is 6.32. The van der Waals surface area contributed by atoms with Gasteiger partial charge in [-0.1, -0.05) is 23.7 Å². The minimum absolute atomic E-state index is 0.0882. The summed E-state index contributed by atoms with van der Waals surface area (Å²) in [7, 11) is 0. The second-order valence-corrected chi connectivity index (χ2v) is 4.38. The molecule has 0 bridgehead atoms. The average molecular weight is 289 g/mol. The van der Waals surface area contributed by atoms with Crippen molar-refractivity contribution in [3.05, 3.63) is 68.7 Å². The van der Waals surface area contributed by atoms with Crippen molar-refractivity contribution in [1.29, 1.82) is 5.26 Å². The van der Waals surface area contributed by atoms with Gasteiger partial charge in [-0.25, -0.2) is 0 Å². The molecule has 0 heterocycles. The summed E-state index contributed by atoms with van der Waals surface area (Å²) in [5, 5.41) is 19.6. The molecule has 0 aliphatic carbocycles. The van der Waals surface area contributed by atoms with Crippen molar-refractivity contribution in [2.24, 2.45) is 0 Å². The Labute approximate surface area is 120 Å². The number of hydrogen-bond acceptors (Lipinski definition) is 4. The maximum Gasteiger partial charge on any atom is 0.288 e. The van der Waals surface area contributed by atoms with Crippen molar-refractivity contribution in [1.82, 2.24) is 0 Å². The Morgan fingerprint density at radius 2 is 2.10 bits per heavy atom. The Bertz CT molecular complexity index is 695. The smallest absolute Gasteiger partial charge is 0.288 e. The zero-order valence-electron chi connectivity index (χ0n) is 10.2. The monoisotopic (exact) mass is 288 g/mol. The standard InChI is InChI=1S/C14H9ClN2O3/c15-13-5-4-11(7-14(13)17(18)19)9-20-12-3-1-2-10(6-12)8-16/h1-7H,9H2. The Morgan fingerprint density at radius 3 is 2.80 bits per heavy atom. The van der Waals surface area contributed by atoms with Gasteiger partial charge in [-0.05, 0) is 29.8 Å². The van der Waals surface area contributed by atoms with Crippen molar-refractivity contribution < 1.29 is 9.66 Å². The average Bonchev–Trinajstić information content (AvgIpc) is 2.46. The molecule has 0 aliphatic heterocycles. The first-order valence-electron chi connectivity index (χ1n) is 5.66. The van der Waals surface area contributed by atoms with E-state index in [4.69, 9.17) is 21.6 Å². The molecule has 5 nitrogen and oxygen atoms in total. The fraction of sp³-hybridized carbons (Fsp3) is 0.0714. The van der Waals surface area contributed by atoms with Gasteiger partial charge in [0.25, 0.3) is 5.69 Å². The van der Waals surface area contributed by atoms with Crippen molar-refractivity contribution in [2.45, 2.75) is 6.61 Å². The van der Waals surface area contributed by atoms with Crippen LogP contribution in [0.25, 0.3) is 0 Å². The van der Waals surface area contributed by atoms with Crippen LogP contribution in [-0.2, 0) is 6.61 Å². The molecule has 2 aromatic carbocycles. The van der Waals surface area contributed by atoms with Gasteiger partial charge in [0.1, 0.15) is 17.4 Å². The van der Waals surface area contributed by atoms with Crippen LogP contribution in [-0.4, -0.2) is 4.92 Å². The topological polar surface area (TPSA) is 76.2 Å². The van der Waals surface area contributed by atoms with Crippen molar-refractivity contribution in [2.75, 3.05) is 0 Å². The molecule has 0 fully saturated rings. The van der Waals surface area contributed by atoms with Crippen LogP contribution in [0.4, 0.5) is 5.69 Å². The molecule has 0 saturated carbocycles. The molecule has 2 aromatic rings. The quantitative estimate of drug-likeness (QED) is 0.635. The molecule has 0 aromatic heterocycles. The molecule has 0 unspecified atom stereocenters. The van der Waals surface area contributed by atoms with Crippen molar-refractivity contribution in [3.8, 4) is 11.8 Å². The number of ether oxygens (including phenoxy) is 1. The van der Waals surface area contributed by atoms with Gasteiger partial charge >= 0.3 is 0 Å². The number of nitro benzene ring substituents is 1. The number of hydrogen-bond donors (Lipinski definition) is 0. The SMILES string of the molecule is N#Cc1cccc(OCc2ccc(Cl)c([N+](=O)[O-])c2)c1. The third-order valence-electron chi connectivity index (χ3n) is 2.58. The van der Waals surface area contributed by atoms with Gasteiger partial charge in [0, 0.05) is 6.07 Å². The van der Waals surface area contributed by atoms with Gasteiger partial charge < -0.3 is 4.74 Å². The number of benzene rings is 2. The molecule has 0 amide bonds. The van der Waals surface area contributed by atoms with Crippen molar-refractivity contribution >= 4 is 17.3 Å². The van der Waals surface area contributed by atoms with Crippen molar-refractivity contribution in [3.63, 3.8) is 0 Å². The van der Waals surface area contributed by atoms with Gasteiger partial charge in [-0.15, -0.1) is 0 Å². The molecule has 0 N–H and O–H groups in total. The zero-order chi connectivity index (χ0) is 14.5. The number of nitrogens with zero attached hydrogens (tertiary/aromatic N) is 2. The van der Waals surface area contributed by atoms with E-state index in [1.54, 1.807) is 30.3 Å². The van der Waals surface area contributed by atoms with E-state index < -0.39 is 4.92 Å². The summed E-state index contributed by atoms with van der Waals surface area (Å²) in [4.78, 5) is 10.2. The van der Waals surface area contributed by atoms with E-state index in [2.05, 4.69) is 0 Å². The first-order valence-corrected chi connectivity index (χ1v) is 6.04. The molecule has 6 heteroatoms. The number of rotatable bonds is 4. The van der Waals surface area contributed by atoms with Crippen LogP contribution in [0.5, 0.6) is 5.75 Å². The van der Waals surface area contributed by atoms with Crippen LogP contribution < -0.4 is 4.74 Å². The highest BCUT2D eigenvalue weighted by Crippen LogP contribution is 2.25. The van der Waals surface area contributed by atoms with Gasteiger partial charge in [-0.3, -0.25) is 10.1 Å². The lowest BCUT2D eigenvalue weighted by molar-refractivity contribution is -0.384. The zero-order valence-corrected chi connectivity index (χ0v) is 11.0. The molecule has 0 atom stereocenters.